The van der Waals surface area contributed by atoms with Gasteiger partial charge in [0.2, 0.25) is 5.91 Å². The lowest BCUT2D eigenvalue weighted by molar-refractivity contribution is -0.139. The van der Waals surface area contributed by atoms with Crippen molar-refractivity contribution in [1.29, 1.82) is 0 Å². The number of carbonyl (C=O) groups is 3. The van der Waals surface area contributed by atoms with Crippen LogP contribution in [-0.2, 0) is 9.59 Å². The molecule has 0 aromatic carbocycles. The number of likely N-dealkylation sites (tertiary alicyclic amines) is 1. The van der Waals surface area contributed by atoms with E-state index in [-0.39, 0.29) is 17.9 Å². The number of rotatable bonds is 6. The average Bonchev–Trinajstić information content (AvgIpc) is 2.42. The molecule has 1 rings (SSSR count). The molecule has 0 spiro atoms. The molecule has 1 aliphatic heterocycles. The van der Waals surface area contributed by atoms with Crippen LogP contribution in [0.25, 0.3) is 0 Å². The molecule has 1 atom stereocenters. The summed E-state index contributed by atoms with van der Waals surface area (Å²) in [6, 6.07) is -1.26. The second kappa shape index (κ2) is 7.98. The van der Waals surface area contributed by atoms with E-state index in [9.17, 15) is 14.4 Å². The minimum atomic E-state index is -1.03. The number of thioether (sulfide) groups is 1. The van der Waals surface area contributed by atoms with E-state index in [1.165, 1.54) is 16.7 Å². The second-order valence-corrected chi connectivity index (χ2v) is 5.77. The average molecular weight is 303 g/mol. The monoisotopic (exact) mass is 303 g/mol. The lowest BCUT2D eigenvalue weighted by atomic mass is 9.96. The fourth-order valence-corrected chi connectivity index (χ4v) is 2.57. The van der Waals surface area contributed by atoms with Gasteiger partial charge in [0.25, 0.3) is 0 Å². The maximum atomic E-state index is 12.0. The number of hydrogen-bond donors (Lipinski definition) is 3. The molecule has 0 aliphatic carbocycles. The van der Waals surface area contributed by atoms with Crippen LogP contribution < -0.4 is 11.1 Å². The molecule has 0 aromatic heterocycles. The largest absolute Gasteiger partial charge is 0.480 e. The standard InChI is InChI=1S/C12H21N3O4S/c1-20-7-4-9(11(17)18)14-12(19)15-5-2-8(3-6-15)10(13)16/h8-9H,2-7H2,1H3,(H2,13,16)(H,14,19)(H,17,18)/t9-/m1/s1. The van der Waals surface area contributed by atoms with Crippen LogP contribution in [0.1, 0.15) is 19.3 Å². The lowest BCUT2D eigenvalue weighted by Crippen LogP contribution is -2.51. The maximum Gasteiger partial charge on any atom is 0.326 e. The van der Waals surface area contributed by atoms with Crippen LogP contribution in [0.3, 0.4) is 0 Å². The van der Waals surface area contributed by atoms with E-state index in [0.717, 1.165) is 0 Å². The predicted molar refractivity (Wildman–Crippen MR) is 76.4 cm³/mol. The van der Waals surface area contributed by atoms with Crippen LogP contribution in [0.15, 0.2) is 0 Å². The molecule has 3 amide bonds. The fourth-order valence-electron chi connectivity index (χ4n) is 2.10. The number of nitrogens with zero attached hydrogens (tertiary/aromatic N) is 1. The number of urea groups is 1. The molecule has 1 saturated heterocycles. The van der Waals surface area contributed by atoms with Gasteiger partial charge in [-0.3, -0.25) is 4.79 Å². The summed E-state index contributed by atoms with van der Waals surface area (Å²) in [7, 11) is 0. The molecular formula is C12H21N3O4S. The molecule has 0 unspecified atom stereocenters. The van der Waals surface area contributed by atoms with Gasteiger partial charge >= 0.3 is 12.0 Å². The third kappa shape index (κ3) is 4.92. The summed E-state index contributed by atoms with van der Waals surface area (Å²) in [5.41, 5.74) is 5.23. The summed E-state index contributed by atoms with van der Waals surface area (Å²) < 4.78 is 0. The summed E-state index contributed by atoms with van der Waals surface area (Å²) in [5, 5.41) is 11.6. The van der Waals surface area contributed by atoms with Gasteiger partial charge in [-0.15, -0.1) is 0 Å². The number of nitrogens with two attached hydrogens (primary N) is 1. The molecule has 0 bridgehead atoms. The summed E-state index contributed by atoms with van der Waals surface area (Å²) in [6.07, 6.45) is 3.34. The van der Waals surface area contributed by atoms with E-state index in [2.05, 4.69) is 5.32 Å². The number of piperidine rings is 1. The minimum Gasteiger partial charge on any atom is -0.480 e. The number of aliphatic carboxylic acids is 1. The highest BCUT2D eigenvalue weighted by molar-refractivity contribution is 7.98. The van der Waals surface area contributed by atoms with Gasteiger partial charge in [0, 0.05) is 19.0 Å². The summed E-state index contributed by atoms with van der Waals surface area (Å²) in [4.78, 5) is 35.6. The molecule has 1 heterocycles. The normalized spacial score (nSPS) is 17.6. The number of carboxylic acid groups (broad SMARTS) is 1. The predicted octanol–water partition coefficient (Wildman–Crippen LogP) is 0.0996. The van der Waals surface area contributed by atoms with Gasteiger partial charge in [-0.25, -0.2) is 9.59 Å². The number of carboxylic acids is 1. The highest BCUT2D eigenvalue weighted by atomic mass is 32.2. The van der Waals surface area contributed by atoms with Crippen LogP contribution in [0.4, 0.5) is 4.79 Å². The third-order valence-corrected chi connectivity index (χ3v) is 4.03. The Morgan fingerprint density at radius 2 is 2.00 bits per heavy atom. The Balaban J connectivity index is 2.45. The molecular weight excluding hydrogens is 282 g/mol. The molecule has 20 heavy (non-hydrogen) atoms. The zero-order chi connectivity index (χ0) is 15.1. The van der Waals surface area contributed by atoms with E-state index in [1.54, 1.807) is 0 Å². The number of hydrogen-bond acceptors (Lipinski definition) is 4. The van der Waals surface area contributed by atoms with Crippen molar-refractivity contribution in [2.45, 2.75) is 25.3 Å². The van der Waals surface area contributed by atoms with Gasteiger partial charge in [-0.05, 0) is 31.3 Å². The SMILES string of the molecule is CSCC[C@@H](NC(=O)N1CCC(C(N)=O)CC1)C(=O)O. The van der Waals surface area contributed by atoms with Crippen molar-refractivity contribution in [3.63, 3.8) is 0 Å². The molecule has 1 aliphatic rings. The van der Waals surface area contributed by atoms with E-state index < -0.39 is 12.0 Å². The molecule has 8 heteroatoms. The minimum absolute atomic E-state index is 0.189. The van der Waals surface area contributed by atoms with Crippen molar-refractivity contribution in [3.05, 3.63) is 0 Å². The number of carbonyl (C=O) groups excluding carboxylic acids is 2. The van der Waals surface area contributed by atoms with Crippen LogP contribution in [0.2, 0.25) is 0 Å². The van der Waals surface area contributed by atoms with E-state index in [1.807, 2.05) is 6.26 Å². The van der Waals surface area contributed by atoms with E-state index >= 15 is 0 Å². The first-order chi connectivity index (χ1) is 9.45. The first-order valence-corrected chi connectivity index (χ1v) is 7.91. The Kier molecular flexibility index (Phi) is 6.63. The highest BCUT2D eigenvalue weighted by Crippen LogP contribution is 2.16. The second-order valence-electron chi connectivity index (χ2n) is 4.79. The fraction of sp³-hybridized carbons (Fsp3) is 0.750. The molecule has 0 aromatic rings. The maximum absolute atomic E-state index is 12.0. The summed E-state index contributed by atoms with van der Waals surface area (Å²) in [5.74, 6) is -0.889. The van der Waals surface area contributed by atoms with Crippen molar-refractivity contribution in [2.24, 2.45) is 11.7 Å². The van der Waals surface area contributed by atoms with Crippen molar-refractivity contribution in [3.8, 4) is 0 Å². The first kappa shape index (κ1) is 16.6. The van der Waals surface area contributed by atoms with Crippen molar-refractivity contribution >= 4 is 29.7 Å². The topological polar surface area (TPSA) is 113 Å². The van der Waals surface area contributed by atoms with E-state index in [4.69, 9.17) is 10.8 Å². The van der Waals surface area contributed by atoms with Gasteiger partial charge in [-0.1, -0.05) is 0 Å². The van der Waals surface area contributed by atoms with Gasteiger partial charge in [0.05, 0.1) is 0 Å². The van der Waals surface area contributed by atoms with Gasteiger partial charge in [0.15, 0.2) is 0 Å². The number of primary amides is 1. The molecule has 4 N–H and O–H groups in total. The number of amides is 3. The summed E-state index contributed by atoms with van der Waals surface area (Å²) in [6.45, 7) is 0.850. The Morgan fingerprint density at radius 3 is 2.45 bits per heavy atom. The number of nitrogens with one attached hydrogen (secondary N) is 1. The molecule has 1 fully saturated rings. The van der Waals surface area contributed by atoms with Crippen molar-refractivity contribution < 1.29 is 19.5 Å². The Labute approximate surface area is 122 Å². The summed E-state index contributed by atoms with van der Waals surface area (Å²) >= 11 is 1.53. The van der Waals surface area contributed by atoms with Gasteiger partial charge in [0.1, 0.15) is 6.04 Å². The molecule has 7 nitrogen and oxygen atoms in total. The molecule has 114 valence electrons. The zero-order valence-electron chi connectivity index (χ0n) is 11.5. The quantitative estimate of drug-likeness (QED) is 0.644. The third-order valence-electron chi connectivity index (χ3n) is 3.39. The van der Waals surface area contributed by atoms with Crippen LogP contribution in [0, 0.1) is 5.92 Å². The zero-order valence-corrected chi connectivity index (χ0v) is 12.3. The highest BCUT2D eigenvalue weighted by Gasteiger charge is 2.28. The molecule has 0 saturated carbocycles. The Morgan fingerprint density at radius 1 is 1.40 bits per heavy atom. The van der Waals surface area contributed by atoms with Crippen molar-refractivity contribution in [2.75, 3.05) is 25.1 Å². The Bertz CT molecular complexity index is 370. The van der Waals surface area contributed by atoms with Crippen LogP contribution in [-0.4, -0.2) is 59.1 Å². The Hall–Kier alpha value is -1.44. The van der Waals surface area contributed by atoms with Crippen LogP contribution >= 0.6 is 11.8 Å². The van der Waals surface area contributed by atoms with E-state index in [0.29, 0.717) is 38.1 Å². The smallest absolute Gasteiger partial charge is 0.326 e. The molecule has 0 radical (unpaired) electrons. The van der Waals surface area contributed by atoms with Crippen molar-refractivity contribution in [1.82, 2.24) is 10.2 Å². The van der Waals surface area contributed by atoms with Crippen LogP contribution in [0.5, 0.6) is 0 Å². The lowest BCUT2D eigenvalue weighted by Gasteiger charge is -2.31. The first-order valence-electron chi connectivity index (χ1n) is 6.52. The van der Waals surface area contributed by atoms with Gasteiger partial charge in [-0.2, -0.15) is 11.8 Å². The van der Waals surface area contributed by atoms with Gasteiger partial charge < -0.3 is 21.1 Å².